The number of nitrogens with zero attached hydrogens (tertiary/aromatic N) is 1. The Kier molecular flexibility index (Phi) is 5.66. The summed E-state index contributed by atoms with van der Waals surface area (Å²) in [7, 11) is 1.50. The highest BCUT2D eigenvalue weighted by molar-refractivity contribution is 5.04. The van der Waals surface area contributed by atoms with Crippen LogP contribution < -0.4 is 28.7 Å². The number of nitrogens with two attached hydrogens (primary N) is 5. The molecule has 10 N–H and O–H groups in total. The third-order valence-electron chi connectivity index (χ3n) is 4.43. The minimum absolute atomic E-state index is 0.257. The number of methoxy groups -OCH3 is 1. The predicted octanol–water partition coefficient (Wildman–Crippen LogP) is -2.80. The van der Waals surface area contributed by atoms with E-state index in [1.54, 1.807) is 6.92 Å². The van der Waals surface area contributed by atoms with Crippen LogP contribution in [0.3, 0.4) is 0 Å². The smallest absolute Gasteiger partial charge is 0.192 e. The molecule has 2 fully saturated rings. The first-order valence-electron chi connectivity index (χ1n) is 7.38. The number of hydrogen-bond donors (Lipinski definition) is 5. The van der Waals surface area contributed by atoms with Gasteiger partial charge < -0.3 is 47.6 Å². The van der Waals surface area contributed by atoms with Crippen molar-refractivity contribution < 1.29 is 18.9 Å². The maximum Gasteiger partial charge on any atom is 0.192 e. The van der Waals surface area contributed by atoms with E-state index in [2.05, 4.69) is 5.18 Å². The first-order chi connectivity index (χ1) is 10.7. The van der Waals surface area contributed by atoms with Crippen molar-refractivity contribution in [3.63, 3.8) is 0 Å². The van der Waals surface area contributed by atoms with Crippen molar-refractivity contribution in [1.29, 1.82) is 0 Å². The Hall–Kier alpha value is -0.760. The van der Waals surface area contributed by atoms with Crippen LogP contribution in [0.2, 0.25) is 0 Å². The molecule has 2 rings (SSSR count). The number of hydrogen-bond acceptors (Lipinski definition) is 11. The number of nitroso groups, excluding NO2 is 1. The van der Waals surface area contributed by atoms with Crippen molar-refractivity contribution >= 4 is 0 Å². The SMILES string of the molecule is CO[C@H]1C[C@H](N=O)O[C@@H](C)[C@@H]1OC1O[C@@H](N)C(N)(N)[C@H](N)[C@H]1N. The van der Waals surface area contributed by atoms with Crippen LogP contribution in [-0.4, -0.2) is 61.9 Å². The lowest BCUT2D eigenvalue weighted by molar-refractivity contribution is -0.286. The summed E-state index contributed by atoms with van der Waals surface area (Å²) in [5, 5.41) is 2.90. The lowest BCUT2D eigenvalue weighted by atomic mass is 9.91. The molecule has 0 aromatic carbocycles. The molecule has 0 amide bonds. The van der Waals surface area contributed by atoms with Crippen LogP contribution in [0.25, 0.3) is 0 Å². The Labute approximate surface area is 134 Å². The average molecular weight is 334 g/mol. The Bertz CT molecular complexity index is 427. The molecule has 23 heavy (non-hydrogen) atoms. The van der Waals surface area contributed by atoms with E-state index in [9.17, 15) is 4.91 Å². The molecule has 2 saturated heterocycles. The summed E-state index contributed by atoms with van der Waals surface area (Å²) in [6.45, 7) is 1.73. The van der Waals surface area contributed by atoms with Crippen LogP contribution in [0.1, 0.15) is 13.3 Å². The van der Waals surface area contributed by atoms with Crippen molar-refractivity contribution in [2.24, 2.45) is 33.8 Å². The fraction of sp³-hybridized carbons (Fsp3) is 1.00. The van der Waals surface area contributed by atoms with Gasteiger partial charge in [0.05, 0.1) is 24.3 Å². The molecule has 11 heteroatoms. The van der Waals surface area contributed by atoms with Gasteiger partial charge in [-0.15, -0.1) is 4.91 Å². The molecule has 0 radical (unpaired) electrons. The van der Waals surface area contributed by atoms with E-state index in [0.717, 1.165) is 0 Å². The third-order valence-corrected chi connectivity index (χ3v) is 4.43. The average Bonchev–Trinajstić information content (AvgIpc) is 2.52. The van der Waals surface area contributed by atoms with Gasteiger partial charge in [0.25, 0.3) is 0 Å². The number of ether oxygens (including phenoxy) is 4. The maximum atomic E-state index is 10.7. The zero-order valence-electron chi connectivity index (χ0n) is 13.2. The van der Waals surface area contributed by atoms with Crippen LogP contribution in [0.5, 0.6) is 0 Å². The van der Waals surface area contributed by atoms with Gasteiger partial charge in [0, 0.05) is 13.5 Å². The molecule has 11 nitrogen and oxygen atoms in total. The zero-order valence-corrected chi connectivity index (χ0v) is 13.2. The summed E-state index contributed by atoms with van der Waals surface area (Å²) in [6, 6.07) is -1.63. The van der Waals surface area contributed by atoms with Crippen LogP contribution in [0, 0.1) is 4.91 Å². The second kappa shape index (κ2) is 7.01. The van der Waals surface area contributed by atoms with Crippen LogP contribution in [0.15, 0.2) is 5.18 Å². The summed E-state index contributed by atoms with van der Waals surface area (Å²) < 4.78 is 22.2. The molecule has 0 aromatic rings. The van der Waals surface area contributed by atoms with Gasteiger partial charge in [-0.2, -0.15) is 0 Å². The van der Waals surface area contributed by atoms with Crippen molar-refractivity contribution in [1.82, 2.24) is 0 Å². The molecule has 8 atom stereocenters. The molecular formula is C12H26N6O5. The molecule has 1 unspecified atom stereocenters. The van der Waals surface area contributed by atoms with Gasteiger partial charge in [-0.25, -0.2) is 0 Å². The topological polar surface area (TPSA) is 196 Å². The summed E-state index contributed by atoms with van der Waals surface area (Å²) in [5.41, 5.74) is 28.0. The number of rotatable bonds is 4. The largest absolute Gasteiger partial charge is 0.378 e. The Morgan fingerprint density at radius 1 is 1.22 bits per heavy atom. The lowest BCUT2D eigenvalue weighted by Gasteiger charge is -2.49. The van der Waals surface area contributed by atoms with E-state index < -0.39 is 54.8 Å². The predicted molar refractivity (Wildman–Crippen MR) is 80.3 cm³/mol. The molecule has 2 heterocycles. The van der Waals surface area contributed by atoms with E-state index in [-0.39, 0.29) is 6.42 Å². The van der Waals surface area contributed by atoms with Crippen molar-refractivity contribution in [3.8, 4) is 0 Å². The van der Waals surface area contributed by atoms with E-state index >= 15 is 0 Å². The van der Waals surface area contributed by atoms with Crippen LogP contribution >= 0.6 is 0 Å². The molecule has 0 spiro atoms. The highest BCUT2D eigenvalue weighted by Crippen LogP contribution is 2.29. The standard InChI is InChI=1S/C12H26N6O5/c1-4-8(5(20-2)3-6(18-19)21-4)22-10-7(13)9(14)12(16,17)11(15)23-10/h4-11H,3,13-17H2,1-2H3/t4-,5-,6+,7+,8-,9+,10?,11+/m0/s1. The Balaban J connectivity index is 2.09. The zero-order chi connectivity index (χ0) is 17.4. The van der Waals surface area contributed by atoms with Crippen molar-refractivity contribution in [2.45, 2.75) is 68.1 Å². The minimum atomic E-state index is -1.47. The van der Waals surface area contributed by atoms with E-state index in [1.807, 2.05) is 0 Å². The van der Waals surface area contributed by atoms with Gasteiger partial charge in [-0.1, -0.05) is 0 Å². The molecule has 134 valence electrons. The Morgan fingerprint density at radius 2 is 1.87 bits per heavy atom. The molecule has 0 saturated carbocycles. The highest BCUT2D eigenvalue weighted by atomic mass is 16.7. The lowest BCUT2D eigenvalue weighted by Crippen LogP contribution is -2.81. The van der Waals surface area contributed by atoms with Gasteiger partial charge in [0.15, 0.2) is 12.5 Å². The van der Waals surface area contributed by atoms with Crippen LogP contribution in [-0.2, 0) is 18.9 Å². The van der Waals surface area contributed by atoms with Gasteiger partial charge >= 0.3 is 0 Å². The summed E-state index contributed by atoms with van der Waals surface area (Å²) in [4.78, 5) is 10.7. The Morgan fingerprint density at radius 3 is 2.43 bits per heavy atom. The second-order valence-electron chi connectivity index (χ2n) is 6.04. The van der Waals surface area contributed by atoms with Gasteiger partial charge in [0.1, 0.15) is 18.0 Å². The summed E-state index contributed by atoms with van der Waals surface area (Å²) in [5.74, 6) is 0. The first kappa shape index (κ1) is 18.6. The molecule has 2 aliphatic heterocycles. The molecular weight excluding hydrogens is 308 g/mol. The van der Waals surface area contributed by atoms with Crippen molar-refractivity contribution in [2.75, 3.05) is 7.11 Å². The van der Waals surface area contributed by atoms with Gasteiger partial charge in [-0.3, -0.25) is 0 Å². The maximum absolute atomic E-state index is 10.7. The van der Waals surface area contributed by atoms with Gasteiger partial charge in [0.2, 0.25) is 0 Å². The normalized spacial score (nSPS) is 47.3. The molecule has 0 bridgehead atoms. The van der Waals surface area contributed by atoms with E-state index in [1.165, 1.54) is 7.11 Å². The minimum Gasteiger partial charge on any atom is -0.378 e. The summed E-state index contributed by atoms with van der Waals surface area (Å²) >= 11 is 0. The molecule has 0 aliphatic carbocycles. The fourth-order valence-corrected chi connectivity index (χ4v) is 2.84. The molecule has 0 aromatic heterocycles. The van der Waals surface area contributed by atoms with Gasteiger partial charge in [-0.05, 0) is 12.1 Å². The summed E-state index contributed by atoms with van der Waals surface area (Å²) in [6.07, 6.45) is -3.96. The van der Waals surface area contributed by atoms with E-state index in [4.69, 9.17) is 47.6 Å². The third kappa shape index (κ3) is 3.52. The highest BCUT2D eigenvalue weighted by Gasteiger charge is 2.50. The fourth-order valence-electron chi connectivity index (χ4n) is 2.84. The first-order valence-corrected chi connectivity index (χ1v) is 7.38. The molecule has 2 aliphatic rings. The second-order valence-corrected chi connectivity index (χ2v) is 6.04. The quantitative estimate of drug-likeness (QED) is 0.264. The van der Waals surface area contributed by atoms with Crippen molar-refractivity contribution in [3.05, 3.63) is 4.91 Å². The monoisotopic (exact) mass is 334 g/mol. The van der Waals surface area contributed by atoms with Crippen LogP contribution in [0.4, 0.5) is 0 Å². The van der Waals surface area contributed by atoms with E-state index in [0.29, 0.717) is 0 Å².